The number of carbonyl (C=O) groups is 2. The van der Waals surface area contributed by atoms with Crippen molar-refractivity contribution in [2.45, 2.75) is 13.5 Å². The number of nitrogens with zero attached hydrogens (tertiary/aromatic N) is 1. The molecule has 0 fully saturated rings. The minimum Gasteiger partial charge on any atom is -0.465 e. The molecule has 5 heteroatoms. The van der Waals surface area contributed by atoms with E-state index in [1.165, 1.54) is 25.0 Å². The Bertz CT molecular complexity index is 442. The Balaban J connectivity index is 3.22. The molecule has 0 bridgehead atoms. The maximum absolute atomic E-state index is 11.4. The van der Waals surface area contributed by atoms with Gasteiger partial charge in [-0.3, -0.25) is 4.79 Å². The first kappa shape index (κ1) is 13.2. The molecule has 0 saturated carbocycles. The highest BCUT2D eigenvalue weighted by Gasteiger charge is 2.12. The highest BCUT2D eigenvalue weighted by Crippen LogP contribution is 2.19. The number of amides is 1. The number of hydrogen-bond donors (Lipinski definition) is 1. The van der Waals surface area contributed by atoms with Crippen LogP contribution in [0.15, 0.2) is 18.2 Å². The highest BCUT2D eigenvalue weighted by molar-refractivity contribution is 5.95. The molecule has 1 N–H and O–H groups in total. The van der Waals surface area contributed by atoms with E-state index in [0.29, 0.717) is 16.8 Å². The van der Waals surface area contributed by atoms with Gasteiger partial charge in [-0.2, -0.15) is 0 Å². The lowest BCUT2D eigenvalue weighted by Crippen LogP contribution is -2.23. The third-order valence-corrected chi connectivity index (χ3v) is 2.44. The van der Waals surface area contributed by atoms with Gasteiger partial charge in [0.15, 0.2) is 0 Å². The summed E-state index contributed by atoms with van der Waals surface area (Å²) in [5, 5.41) is 9.11. The summed E-state index contributed by atoms with van der Waals surface area (Å²) in [6.45, 7) is 1.22. The molecule has 17 heavy (non-hydrogen) atoms. The molecular weight excluding hydrogens is 222 g/mol. The number of ether oxygens (including phenoxy) is 1. The lowest BCUT2D eigenvalue weighted by atomic mass is 10.1. The quantitative estimate of drug-likeness (QED) is 0.795. The zero-order chi connectivity index (χ0) is 13.0. The molecule has 1 amide bonds. The Morgan fingerprint density at radius 2 is 2.00 bits per heavy atom. The average Bonchev–Trinajstić information content (AvgIpc) is 2.35. The van der Waals surface area contributed by atoms with E-state index in [2.05, 4.69) is 4.74 Å². The second kappa shape index (κ2) is 5.45. The normalized spacial score (nSPS) is 9.88. The predicted molar refractivity (Wildman–Crippen MR) is 62.8 cm³/mol. The third kappa shape index (κ3) is 3.04. The maximum Gasteiger partial charge on any atom is 0.337 e. The lowest BCUT2D eigenvalue weighted by Gasteiger charge is -2.16. The lowest BCUT2D eigenvalue weighted by molar-refractivity contribution is -0.116. The summed E-state index contributed by atoms with van der Waals surface area (Å²) >= 11 is 0. The minimum atomic E-state index is -0.501. The molecule has 0 radical (unpaired) electrons. The average molecular weight is 237 g/mol. The Kier molecular flexibility index (Phi) is 4.23. The number of aliphatic hydroxyl groups is 1. The summed E-state index contributed by atoms with van der Waals surface area (Å²) in [6.07, 6.45) is 0. The summed E-state index contributed by atoms with van der Waals surface area (Å²) in [4.78, 5) is 24.1. The van der Waals surface area contributed by atoms with Gasteiger partial charge in [0.2, 0.25) is 5.91 Å². The standard InChI is InChI=1S/C12H15NO4/c1-8(15)13(2)11-5-9(7-14)4-10(6-11)12(16)17-3/h4-6,14H,7H2,1-3H3. The van der Waals surface area contributed by atoms with Crippen molar-refractivity contribution in [3.63, 3.8) is 0 Å². The zero-order valence-corrected chi connectivity index (χ0v) is 10.1. The van der Waals surface area contributed by atoms with Gasteiger partial charge in [-0.05, 0) is 23.8 Å². The second-order valence-corrected chi connectivity index (χ2v) is 3.62. The van der Waals surface area contributed by atoms with Crippen LogP contribution in [0.3, 0.4) is 0 Å². The third-order valence-electron chi connectivity index (χ3n) is 2.44. The summed E-state index contributed by atoms with van der Waals surface area (Å²) in [6, 6.07) is 4.73. The first-order chi connectivity index (χ1) is 7.99. The zero-order valence-electron chi connectivity index (χ0n) is 10.1. The molecule has 0 saturated heterocycles. The maximum atomic E-state index is 11.4. The Morgan fingerprint density at radius 1 is 1.35 bits per heavy atom. The molecule has 1 aromatic rings. The number of methoxy groups -OCH3 is 1. The first-order valence-corrected chi connectivity index (χ1v) is 5.07. The van der Waals surface area contributed by atoms with Gasteiger partial charge in [0.1, 0.15) is 0 Å². The number of aliphatic hydroxyl groups excluding tert-OH is 1. The van der Waals surface area contributed by atoms with Crippen molar-refractivity contribution in [1.82, 2.24) is 0 Å². The summed E-state index contributed by atoms with van der Waals surface area (Å²) in [5.74, 6) is -0.658. The SMILES string of the molecule is COC(=O)c1cc(CO)cc(N(C)C(C)=O)c1. The van der Waals surface area contributed by atoms with Crippen molar-refractivity contribution in [3.05, 3.63) is 29.3 Å². The van der Waals surface area contributed by atoms with E-state index in [4.69, 9.17) is 5.11 Å². The molecule has 1 aromatic carbocycles. The van der Waals surface area contributed by atoms with Gasteiger partial charge in [0.25, 0.3) is 0 Å². The molecular formula is C12H15NO4. The summed E-state index contributed by atoms with van der Waals surface area (Å²) in [5.41, 5.74) is 1.41. The van der Waals surface area contributed by atoms with Gasteiger partial charge >= 0.3 is 5.97 Å². The van der Waals surface area contributed by atoms with Gasteiger partial charge in [-0.1, -0.05) is 0 Å². The van der Waals surface area contributed by atoms with Gasteiger partial charge in [0.05, 0.1) is 19.3 Å². The van der Waals surface area contributed by atoms with Crippen LogP contribution in [-0.4, -0.2) is 31.1 Å². The van der Waals surface area contributed by atoms with E-state index in [0.717, 1.165) is 0 Å². The molecule has 0 spiro atoms. The number of hydrogen-bond acceptors (Lipinski definition) is 4. The molecule has 0 aliphatic rings. The smallest absolute Gasteiger partial charge is 0.337 e. The van der Waals surface area contributed by atoms with Crippen LogP contribution >= 0.6 is 0 Å². The van der Waals surface area contributed by atoms with Crippen LogP contribution < -0.4 is 4.90 Å². The topological polar surface area (TPSA) is 66.8 Å². The summed E-state index contributed by atoms with van der Waals surface area (Å²) in [7, 11) is 2.88. The molecule has 1 rings (SSSR count). The molecule has 0 aliphatic heterocycles. The molecule has 0 unspecified atom stereocenters. The van der Waals surface area contributed by atoms with Crippen LogP contribution in [0.1, 0.15) is 22.8 Å². The van der Waals surface area contributed by atoms with E-state index >= 15 is 0 Å². The Labute approximate surface area is 99.6 Å². The van der Waals surface area contributed by atoms with Crippen LogP contribution in [0.4, 0.5) is 5.69 Å². The van der Waals surface area contributed by atoms with Crippen molar-refractivity contribution in [2.75, 3.05) is 19.1 Å². The second-order valence-electron chi connectivity index (χ2n) is 3.62. The molecule has 0 heterocycles. The highest BCUT2D eigenvalue weighted by atomic mass is 16.5. The van der Waals surface area contributed by atoms with Crippen molar-refractivity contribution < 1.29 is 19.4 Å². The Morgan fingerprint density at radius 3 is 2.47 bits per heavy atom. The van der Waals surface area contributed by atoms with Crippen LogP contribution in [0.5, 0.6) is 0 Å². The van der Waals surface area contributed by atoms with Crippen molar-refractivity contribution in [1.29, 1.82) is 0 Å². The van der Waals surface area contributed by atoms with Gasteiger partial charge < -0.3 is 14.7 Å². The van der Waals surface area contributed by atoms with Crippen LogP contribution in [0.2, 0.25) is 0 Å². The van der Waals surface area contributed by atoms with E-state index in [9.17, 15) is 9.59 Å². The predicted octanol–water partition coefficient (Wildman–Crippen LogP) is 0.948. The monoisotopic (exact) mass is 237 g/mol. The number of anilines is 1. The van der Waals surface area contributed by atoms with E-state index in [1.54, 1.807) is 19.2 Å². The number of rotatable bonds is 3. The van der Waals surface area contributed by atoms with Gasteiger partial charge in [0, 0.05) is 19.7 Å². The largest absolute Gasteiger partial charge is 0.465 e. The van der Waals surface area contributed by atoms with Crippen molar-refractivity contribution >= 4 is 17.6 Å². The van der Waals surface area contributed by atoms with Crippen molar-refractivity contribution in [3.8, 4) is 0 Å². The Hall–Kier alpha value is -1.88. The fourth-order valence-corrected chi connectivity index (χ4v) is 1.38. The van der Waals surface area contributed by atoms with Crippen molar-refractivity contribution in [2.24, 2.45) is 0 Å². The van der Waals surface area contributed by atoms with Crippen LogP contribution in [0, 0.1) is 0 Å². The van der Waals surface area contributed by atoms with Gasteiger partial charge in [-0.15, -0.1) is 0 Å². The molecule has 0 aliphatic carbocycles. The van der Waals surface area contributed by atoms with Crippen LogP contribution in [-0.2, 0) is 16.1 Å². The number of benzene rings is 1. The number of carbonyl (C=O) groups excluding carboxylic acids is 2. The van der Waals surface area contributed by atoms with Crippen LogP contribution in [0.25, 0.3) is 0 Å². The molecule has 5 nitrogen and oxygen atoms in total. The van der Waals surface area contributed by atoms with Gasteiger partial charge in [-0.25, -0.2) is 4.79 Å². The fourth-order valence-electron chi connectivity index (χ4n) is 1.38. The molecule has 0 aromatic heterocycles. The van der Waals surface area contributed by atoms with E-state index in [1.807, 2.05) is 0 Å². The molecule has 0 atom stereocenters. The fraction of sp³-hybridized carbons (Fsp3) is 0.333. The number of esters is 1. The summed E-state index contributed by atoms with van der Waals surface area (Å²) < 4.78 is 4.61. The van der Waals surface area contributed by atoms with E-state index in [-0.39, 0.29) is 12.5 Å². The van der Waals surface area contributed by atoms with E-state index < -0.39 is 5.97 Å². The first-order valence-electron chi connectivity index (χ1n) is 5.07. The molecule has 92 valence electrons. The minimum absolute atomic E-state index is 0.157.